The van der Waals surface area contributed by atoms with Gasteiger partial charge in [-0.1, -0.05) is 35.3 Å². The summed E-state index contributed by atoms with van der Waals surface area (Å²) in [4.78, 5) is 17.4. The number of halogens is 2. The van der Waals surface area contributed by atoms with Gasteiger partial charge >= 0.3 is 0 Å². The Morgan fingerprint density at radius 2 is 2.10 bits per heavy atom. The third-order valence-corrected chi connectivity index (χ3v) is 6.45. The van der Waals surface area contributed by atoms with Gasteiger partial charge in [-0.15, -0.1) is 21.5 Å². The number of benzene rings is 1. The first-order valence-electron chi connectivity index (χ1n) is 8.61. The molecule has 0 atom stereocenters. The van der Waals surface area contributed by atoms with Crippen LogP contribution in [0.4, 0.5) is 5.13 Å². The van der Waals surface area contributed by atoms with E-state index >= 15 is 0 Å². The van der Waals surface area contributed by atoms with Crippen LogP contribution >= 0.6 is 45.9 Å². The van der Waals surface area contributed by atoms with E-state index in [1.165, 1.54) is 11.3 Å². The third kappa shape index (κ3) is 5.02. The zero-order valence-corrected chi connectivity index (χ0v) is 18.0. The quantitative estimate of drug-likeness (QED) is 0.377. The Hall–Kier alpha value is -2.26. The molecule has 0 bridgehead atoms. The number of hydrogen-bond donors (Lipinski definition) is 1. The van der Waals surface area contributed by atoms with E-state index in [1.54, 1.807) is 23.6 Å². The molecular weight excluding hydrogens is 451 g/mol. The van der Waals surface area contributed by atoms with Crippen LogP contribution in [0.25, 0.3) is 11.5 Å². The van der Waals surface area contributed by atoms with Crippen molar-refractivity contribution in [3.8, 4) is 11.5 Å². The van der Waals surface area contributed by atoms with E-state index in [9.17, 15) is 4.79 Å². The van der Waals surface area contributed by atoms with Crippen molar-refractivity contribution >= 4 is 56.9 Å². The second-order valence-electron chi connectivity index (χ2n) is 6.08. The summed E-state index contributed by atoms with van der Waals surface area (Å²) in [5.74, 6) is 0.727. The molecule has 0 fully saturated rings. The summed E-state index contributed by atoms with van der Waals surface area (Å²) in [6, 6.07) is 7.43. The highest BCUT2D eigenvalue weighted by Crippen LogP contribution is 2.29. The topological polar surface area (TPSA) is 80.9 Å². The molecule has 0 saturated carbocycles. The summed E-state index contributed by atoms with van der Waals surface area (Å²) in [6.45, 7) is 0. The molecule has 10 heteroatoms. The van der Waals surface area contributed by atoms with Gasteiger partial charge in [-0.2, -0.15) is 11.3 Å². The minimum absolute atomic E-state index is 0.165. The number of aryl methyl sites for hydroxylation is 1. The molecule has 1 aromatic carbocycles. The number of nitrogens with zero attached hydrogens (tertiary/aromatic N) is 3. The molecule has 4 rings (SSSR count). The fraction of sp³-hybridized carbons (Fsp3) is 0.158. The smallest absolute Gasteiger partial charge is 0.248 e. The standard InChI is InChI=1S/C19H14Cl2N4O2S2/c20-14-3-1-2-11(17(14)21)8-13-9-22-19(29-13)23-15(26)4-5-16-24-25-18(27-16)12-6-7-28-10-12/h1-3,6-7,9-10H,4-5,8H2,(H,22,23,26). The Morgan fingerprint density at radius 3 is 2.93 bits per heavy atom. The van der Waals surface area contributed by atoms with E-state index < -0.39 is 0 Å². The molecule has 3 heterocycles. The van der Waals surface area contributed by atoms with E-state index in [0.29, 0.717) is 39.8 Å². The summed E-state index contributed by atoms with van der Waals surface area (Å²) >= 11 is 15.2. The van der Waals surface area contributed by atoms with Crippen LogP contribution in [0.5, 0.6) is 0 Å². The number of carbonyl (C=O) groups excluding carboxylic acids is 1. The number of rotatable bonds is 7. The molecule has 1 N–H and O–H groups in total. The highest BCUT2D eigenvalue weighted by molar-refractivity contribution is 7.15. The SMILES string of the molecule is O=C(CCc1nnc(-c2ccsc2)o1)Nc1ncc(Cc2cccc(Cl)c2Cl)s1. The van der Waals surface area contributed by atoms with Gasteiger partial charge in [-0.25, -0.2) is 4.98 Å². The monoisotopic (exact) mass is 464 g/mol. The summed E-state index contributed by atoms with van der Waals surface area (Å²) in [7, 11) is 0. The number of hydrogen-bond acceptors (Lipinski definition) is 7. The minimum Gasteiger partial charge on any atom is -0.421 e. The Balaban J connectivity index is 1.31. The van der Waals surface area contributed by atoms with Crippen molar-refractivity contribution in [2.45, 2.75) is 19.3 Å². The number of carbonyl (C=O) groups is 1. The molecule has 0 aliphatic rings. The number of thiazole rings is 1. The van der Waals surface area contributed by atoms with Crippen LogP contribution in [0, 0.1) is 0 Å². The van der Waals surface area contributed by atoms with Gasteiger partial charge in [0.1, 0.15) is 0 Å². The number of anilines is 1. The van der Waals surface area contributed by atoms with Crippen molar-refractivity contribution < 1.29 is 9.21 Å². The molecule has 0 aliphatic heterocycles. The van der Waals surface area contributed by atoms with Gasteiger partial charge < -0.3 is 9.73 Å². The van der Waals surface area contributed by atoms with Crippen LogP contribution in [-0.4, -0.2) is 21.1 Å². The molecule has 0 saturated heterocycles. The van der Waals surface area contributed by atoms with Crippen LogP contribution in [0.2, 0.25) is 10.0 Å². The summed E-state index contributed by atoms with van der Waals surface area (Å²) in [5.41, 5.74) is 1.80. The van der Waals surface area contributed by atoms with Crippen LogP contribution in [0.1, 0.15) is 22.8 Å². The Kier molecular flexibility index (Phi) is 6.25. The van der Waals surface area contributed by atoms with E-state index in [1.807, 2.05) is 29.0 Å². The lowest BCUT2D eigenvalue weighted by molar-refractivity contribution is -0.116. The number of aromatic nitrogens is 3. The molecule has 0 radical (unpaired) electrons. The summed E-state index contributed by atoms with van der Waals surface area (Å²) < 4.78 is 5.59. The first kappa shape index (κ1) is 20.0. The van der Waals surface area contributed by atoms with Gasteiger partial charge in [0.2, 0.25) is 17.7 Å². The Bertz CT molecular complexity index is 1130. The van der Waals surface area contributed by atoms with E-state index in [0.717, 1.165) is 16.0 Å². The average molecular weight is 465 g/mol. The van der Waals surface area contributed by atoms with Gasteiger partial charge in [-0.05, 0) is 23.1 Å². The number of amides is 1. The maximum atomic E-state index is 12.2. The molecule has 29 heavy (non-hydrogen) atoms. The lowest BCUT2D eigenvalue weighted by Gasteiger charge is -2.03. The number of nitrogens with one attached hydrogen (secondary N) is 1. The Morgan fingerprint density at radius 1 is 1.21 bits per heavy atom. The zero-order valence-electron chi connectivity index (χ0n) is 14.9. The average Bonchev–Trinajstić information content (AvgIpc) is 3.45. The van der Waals surface area contributed by atoms with Gasteiger partial charge in [0.15, 0.2) is 5.13 Å². The molecule has 0 spiro atoms. The van der Waals surface area contributed by atoms with Crippen molar-refractivity contribution in [3.05, 3.63) is 67.6 Å². The largest absolute Gasteiger partial charge is 0.421 e. The Labute approximate surface area is 184 Å². The molecule has 6 nitrogen and oxygen atoms in total. The van der Waals surface area contributed by atoms with Crippen LogP contribution in [0.3, 0.4) is 0 Å². The zero-order chi connectivity index (χ0) is 20.2. The minimum atomic E-state index is -0.165. The van der Waals surface area contributed by atoms with Crippen molar-refractivity contribution in [1.29, 1.82) is 0 Å². The van der Waals surface area contributed by atoms with Crippen LogP contribution in [-0.2, 0) is 17.6 Å². The van der Waals surface area contributed by atoms with Crippen LogP contribution in [0.15, 0.2) is 45.6 Å². The van der Waals surface area contributed by atoms with Gasteiger partial charge in [-0.3, -0.25) is 4.79 Å². The predicted octanol–water partition coefficient (Wildman–Crippen LogP) is 5.72. The van der Waals surface area contributed by atoms with Gasteiger partial charge in [0.05, 0.1) is 10.0 Å². The number of thiophene rings is 1. The molecule has 0 aliphatic carbocycles. The molecule has 4 aromatic rings. The lowest BCUT2D eigenvalue weighted by Crippen LogP contribution is -2.12. The lowest BCUT2D eigenvalue weighted by atomic mass is 10.1. The highest BCUT2D eigenvalue weighted by atomic mass is 35.5. The maximum Gasteiger partial charge on any atom is 0.248 e. The normalized spacial score (nSPS) is 11.0. The fourth-order valence-corrected chi connectivity index (χ4v) is 4.45. The van der Waals surface area contributed by atoms with Crippen LogP contribution < -0.4 is 5.32 Å². The molecule has 1 amide bonds. The van der Waals surface area contributed by atoms with Crippen molar-refractivity contribution in [2.24, 2.45) is 0 Å². The fourth-order valence-electron chi connectivity index (χ4n) is 2.58. The van der Waals surface area contributed by atoms with E-state index in [4.69, 9.17) is 27.6 Å². The maximum absolute atomic E-state index is 12.2. The van der Waals surface area contributed by atoms with Crippen molar-refractivity contribution in [3.63, 3.8) is 0 Å². The molecular formula is C19H14Cl2N4O2S2. The first-order valence-corrected chi connectivity index (χ1v) is 11.1. The van der Waals surface area contributed by atoms with E-state index in [2.05, 4.69) is 20.5 Å². The molecule has 0 unspecified atom stereocenters. The molecule has 3 aromatic heterocycles. The summed E-state index contributed by atoms with van der Waals surface area (Å²) in [5, 5.41) is 16.3. The van der Waals surface area contributed by atoms with Gasteiger partial charge in [0, 0.05) is 41.3 Å². The first-order chi connectivity index (χ1) is 14.1. The third-order valence-electron chi connectivity index (χ3n) is 4.00. The molecule has 148 valence electrons. The second kappa shape index (κ2) is 9.04. The van der Waals surface area contributed by atoms with Crippen molar-refractivity contribution in [2.75, 3.05) is 5.32 Å². The predicted molar refractivity (Wildman–Crippen MR) is 116 cm³/mol. The second-order valence-corrected chi connectivity index (χ2v) is 8.76. The highest BCUT2D eigenvalue weighted by Gasteiger charge is 2.13. The van der Waals surface area contributed by atoms with Gasteiger partial charge in [0.25, 0.3) is 0 Å². The van der Waals surface area contributed by atoms with E-state index in [-0.39, 0.29) is 12.3 Å². The van der Waals surface area contributed by atoms with Crippen molar-refractivity contribution in [1.82, 2.24) is 15.2 Å². The summed E-state index contributed by atoms with van der Waals surface area (Å²) in [6.07, 6.45) is 2.91.